The van der Waals surface area contributed by atoms with Gasteiger partial charge in [0, 0.05) is 12.8 Å². The van der Waals surface area contributed by atoms with Crippen LogP contribution in [0.5, 0.6) is 5.88 Å². The zero-order chi connectivity index (χ0) is 18.6. The van der Waals surface area contributed by atoms with Crippen molar-refractivity contribution in [1.82, 2.24) is 9.97 Å². The van der Waals surface area contributed by atoms with Gasteiger partial charge in [-0.25, -0.2) is 9.97 Å². The smallest absolute Gasteiger partial charge is 0.265 e. The third kappa shape index (κ3) is 3.79. The lowest BCUT2D eigenvalue weighted by molar-refractivity contribution is 0.0913. The summed E-state index contributed by atoms with van der Waals surface area (Å²) in [6.45, 7) is 3.54. The van der Waals surface area contributed by atoms with E-state index in [0.29, 0.717) is 29.7 Å². The van der Waals surface area contributed by atoms with Crippen molar-refractivity contribution in [2.24, 2.45) is 0 Å². The van der Waals surface area contributed by atoms with E-state index >= 15 is 0 Å². The van der Waals surface area contributed by atoms with Gasteiger partial charge in [-0.1, -0.05) is 23.5 Å². The molecule has 1 amide bonds. The summed E-state index contributed by atoms with van der Waals surface area (Å²) in [7, 11) is 0. The summed E-state index contributed by atoms with van der Waals surface area (Å²) in [5.74, 6) is 0.185. The molecule has 0 spiro atoms. The van der Waals surface area contributed by atoms with Crippen molar-refractivity contribution in [3.63, 3.8) is 0 Å². The highest BCUT2D eigenvalue weighted by Gasteiger charge is 2.29. The maximum atomic E-state index is 13.4. The van der Waals surface area contributed by atoms with Gasteiger partial charge in [-0.15, -0.1) is 0 Å². The second kappa shape index (κ2) is 8.02. The Morgan fingerprint density at radius 1 is 1.33 bits per heavy atom. The summed E-state index contributed by atoms with van der Waals surface area (Å²) in [5.41, 5.74) is 1.33. The van der Waals surface area contributed by atoms with Gasteiger partial charge in [0.05, 0.1) is 29.5 Å². The number of aromatic nitrogens is 2. The number of rotatable bonds is 6. The summed E-state index contributed by atoms with van der Waals surface area (Å²) in [5, 5.41) is 0.669. The van der Waals surface area contributed by atoms with E-state index in [4.69, 9.17) is 9.47 Å². The first-order chi connectivity index (χ1) is 13.3. The van der Waals surface area contributed by atoms with Crippen LogP contribution in [0.4, 0.5) is 5.13 Å². The third-order valence-electron chi connectivity index (χ3n) is 4.45. The number of fused-ring (bicyclic) bond motifs is 1. The predicted molar refractivity (Wildman–Crippen MR) is 106 cm³/mol. The van der Waals surface area contributed by atoms with E-state index in [1.165, 1.54) is 11.3 Å². The van der Waals surface area contributed by atoms with Crippen LogP contribution in [0.2, 0.25) is 0 Å². The second-order valence-electron chi connectivity index (χ2n) is 6.30. The number of hydrogen-bond donors (Lipinski definition) is 0. The number of thiazole rings is 1. The molecule has 0 N–H and O–H groups in total. The van der Waals surface area contributed by atoms with Crippen molar-refractivity contribution in [3.05, 3.63) is 48.2 Å². The van der Waals surface area contributed by atoms with Gasteiger partial charge >= 0.3 is 0 Å². The van der Waals surface area contributed by atoms with Gasteiger partial charge in [0.2, 0.25) is 5.88 Å². The number of nitrogens with zero attached hydrogens (tertiary/aromatic N) is 3. The standard InChI is InChI=1S/C20H21N3O3S/c1-2-25-18-15(8-5-11-21-18)19(24)23(13-14-7-6-12-26-14)20-22-16-9-3-4-10-17(16)27-20/h3-5,8-11,14H,2,6-7,12-13H2,1H3. The first kappa shape index (κ1) is 17.9. The van der Waals surface area contributed by atoms with Crippen LogP contribution in [0.3, 0.4) is 0 Å². The molecule has 3 heterocycles. The quantitative estimate of drug-likeness (QED) is 0.646. The molecule has 6 nitrogen and oxygen atoms in total. The Bertz CT molecular complexity index is 904. The molecule has 4 rings (SSSR count). The molecule has 1 aliphatic rings. The fourth-order valence-electron chi connectivity index (χ4n) is 3.17. The molecule has 1 aliphatic heterocycles. The first-order valence-corrected chi connectivity index (χ1v) is 9.94. The topological polar surface area (TPSA) is 64.5 Å². The van der Waals surface area contributed by atoms with E-state index in [-0.39, 0.29) is 12.0 Å². The van der Waals surface area contributed by atoms with E-state index in [1.807, 2.05) is 31.2 Å². The van der Waals surface area contributed by atoms with E-state index < -0.39 is 0 Å². The molecular formula is C20H21N3O3S. The number of ether oxygens (including phenoxy) is 2. The van der Waals surface area contributed by atoms with Crippen molar-refractivity contribution in [2.45, 2.75) is 25.9 Å². The lowest BCUT2D eigenvalue weighted by Crippen LogP contribution is -2.37. The number of para-hydroxylation sites is 1. The van der Waals surface area contributed by atoms with Crippen molar-refractivity contribution in [2.75, 3.05) is 24.7 Å². The van der Waals surface area contributed by atoms with Crippen LogP contribution in [-0.4, -0.2) is 41.7 Å². The maximum absolute atomic E-state index is 13.4. The molecule has 140 valence electrons. The van der Waals surface area contributed by atoms with E-state index in [9.17, 15) is 4.79 Å². The van der Waals surface area contributed by atoms with Crippen molar-refractivity contribution >= 4 is 32.6 Å². The molecule has 2 aromatic heterocycles. The molecule has 0 bridgehead atoms. The van der Waals surface area contributed by atoms with Crippen LogP contribution in [0.1, 0.15) is 30.1 Å². The first-order valence-electron chi connectivity index (χ1n) is 9.13. The molecule has 0 aliphatic carbocycles. The maximum Gasteiger partial charge on any atom is 0.265 e. The molecule has 3 aromatic rings. The average molecular weight is 383 g/mol. The summed E-state index contributed by atoms with van der Waals surface area (Å²) >= 11 is 1.51. The Hall–Kier alpha value is -2.51. The number of pyridine rings is 1. The molecule has 7 heteroatoms. The highest BCUT2D eigenvalue weighted by molar-refractivity contribution is 7.22. The second-order valence-corrected chi connectivity index (χ2v) is 7.31. The third-order valence-corrected chi connectivity index (χ3v) is 5.51. The van der Waals surface area contributed by atoms with Crippen molar-refractivity contribution in [3.8, 4) is 5.88 Å². The molecule has 1 fully saturated rings. The number of hydrogen-bond acceptors (Lipinski definition) is 6. The van der Waals surface area contributed by atoms with Crippen LogP contribution >= 0.6 is 11.3 Å². The Kier molecular flexibility index (Phi) is 5.31. The molecule has 1 saturated heterocycles. The number of carbonyl (C=O) groups is 1. The van der Waals surface area contributed by atoms with Gasteiger partial charge < -0.3 is 9.47 Å². The summed E-state index contributed by atoms with van der Waals surface area (Å²) in [4.78, 5) is 24.0. The highest BCUT2D eigenvalue weighted by atomic mass is 32.1. The van der Waals surface area contributed by atoms with Crippen LogP contribution < -0.4 is 9.64 Å². The molecule has 1 unspecified atom stereocenters. The van der Waals surface area contributed by atoms with Gasteiger partial charge in [-0.2, -0.15) is 0 Å². The van der Waals surface area contributed by atoms with Gasteiger partial charge in [0.1, 0.15) is 5.56 Å². The average Bonchev–Trinajstić information content (AvgIpc) is 3.35. The van der Waals surface area contributed by atoms with Crippen LogP contribution in [0.15, 0.2) is 42.6 Å². The molecule has 1 aromatic carbocycles. The highest BCUT2D eigenvalue weighted by Crippen LogP contribution is 2.31. The molecule has 0 radical (unpaired) electrons. The lowest BCUT2D eigenvalue weighted by Gasteiger charge is -2.23. The van der Waals surface area contributed by atoms with E-state index in [0.717, 1.165) is 29.7 Å². The van der Waals surface area contributed by atoms with E-state index in [1.54, 1.807) is 23.2 Å². The Labute approximate surface area is 161 Å². The number of amides is 1. The minimum atomic E-state index is -0.166. The Balaban J connectivity index is 1.72. The number of anilines is 1. The van der Waals surface area contributed by atoms with Gasteiger partial charge in [0.25, 0.3) is 5.91 Å². The normalized spacial score (nSPS) is 16.6. The molecule has 27 heavy (non-hydrogen) atoms. The predicted octanol–water partition coefficient (Wildman–Crippen LogP) is 3.92. The van der Waals surface area contributed by atoms with Crippen molar-refractivity contribution in [1.29, 1.82) is 0 Å². The van der Waals surface area contributed by atoms with Crippen LogP contribution in [-0.2, 0) is 4.74 Å². The SMILES string of the molecule is CCOc1ncccc1C(=O)N(CC1CCCO1)c1nc2ccccc2s1. The van der Waals surface area contributed by atoms with Crippen LogP contribution in [0.25, 0.3) is 10.2 Å². The minimum absolute atomic E-state index is 0.0215. The fraction of sp³-hybridized carbons (Fsp3) is 0.350. The minimum Gasteiger partial charge on any atom is -0.477 e. The number of benzene rings is 1. The van der Waals surface area contributed by atoms with Crippen molar-refractivity contribution < 1.29 is 14.3 Å². The Morgan fingerprint density at radius 3 is 3.00 bits per heavy atom. The van der Waals surface area contributed by atoms with Gasteiger partial charge in [0.15, 0.2) is 5.13 Å². The lowest BCUT2D eigenvalue weighted by atomic mass is 10.2. The van der Waals surface area contributed by atoms with Crippen LogP contribution in [0, 0.1) is 0 Å². The molecule has 0 saturated carbocycles. The van der Waals surface area contributed by atoms with Gasteiger partial charge in [-0.05, 0) is 44.0 Å². The Morgan fingerprint density at radius 2 is 2.22 bits per heavy atom. The van der Waals surface area contributed by atoms with Gasteiger partial charge in [-0.3, -0.25) is 9.69 Å². The summed E-state index contributed by atoms with van der Waals surface area (Å²) in [6, 6.07) is 11.4. The monoisotopic (exact) mass is 383 g/mol. The van der Waals surface area contributed by atoms with E-state index in [2.05, 4.69) is 9.97 Å². The largest absolute Gasteiger partial charge is 0.477 e. The zero-order valence-corrected chi connectivity index (χ0v) is 15.9. The summed E-state index contributed by atoms with van der Waals surface area (Å²) < 4.78 is 12.4. The summed E-state index contributed by atoms with van der Waals surface area (Å²) in [6.07, 6.45) is 3.61. The number of carbonyl (C=O) groups excluding carboxylic acids is 1. The fourth-order valence-corrected chi connectivity index (χ4v) is 4.14. The molecular weight excluding hydrogens is 362 g/mol. The zero-order valence-electron chi connectivity index (χ0n) is 15.1. The molecule has 1 atom stereocenters.